The summed E-state index contributed by atoms with van der Waals surface area (Å²) >= 11 is 1.65. The maximum Gasteiger partial charge on any atom is 0.287 e. The van der Waals surface area contributed by atoms with Crippen molar-refractivity contribution < 1.29 is 0 Å². The van der Waals surface area contributed by atoms with Gasteiger partial charge in [-0.2, -0.15) is 5.10 Å². The lowest BCUT2D eigenvalue weighted by atomic mass is 10.2. The third-order valence-electron chi connectivity index (χ3n) is 1.82. The summed E-state index contributed by atoms with van der Waals surface area (Å²) < 4.78 is 0. The van der Waals surface area contributed by atoms with Crippen LogP contribution in [0.2, 0.25) is 0 Å². The molecule has 14 heavy (non-hydrogen) atoms. The van der Waals surface area contributed by atoms with Crippen molar-refractivity contribution in [1.82, 2.24) is 10.2 Å². The van der Waals surface area contributed by atoms with Crippen LogP contribution in [-0.2, 0) is 6.42 Å². The second-order valence-electron chi connectivity index (χ2n) is 2.90. The Labute approximate surface area is 84.4 Å². The molecule has 0 aliphatic carbocycles. The van der Waals surface area contributed by atoms with Gasteiger partial charge in [0.2, 0.25) is 0 Å². The first-order valence-electron chi connectivity index (χ1n) is 4.12. The monoisotopic (exact) mass is 207 g/mol. The van der Waals surface area contributed by atoms with Crippen molar-refractivity contribution in [3.63, 3.8) is 0 Å². The molecule has 5 heteroatoms. The molecule has 2 heterocycles. The molecule has 0 bridgehead atoms. The lowest BCUT2D eigenvalue weighted by Gasteiger charge is -1.97. The average Bonchev–Trinajstić information content (AvgIpc) is 2.64. The summed E-state index contributed by atoms with van der Waals surface area (Å²) in [5.74, 6) is 0. The van der Waals surface area contributed by atoms with Crippen LogP contribution in [0.25, 0.3) is 0 Å². The number of nitrogens with zero attached hydrogens (tertiary/aromatic N) is 1. The van der Waals surface area contributed by atoms with E-state index in [1.54, 1.807) is 17.4 Å². The van der Waals surface area contributed by atoms with Gasteiger partial charge in [0.1, 0.15) is 5.69 Å². The van der Waals surface area contributed by atoms with Gasteiger partial charge in [0.05, 0.1) is 5.69 Å². The topological polar surface area (TPSA) is 71.8 Å². The van der Waals surface area contributed by atoms with Gasteiger partial charge in [0.25, 0.3) is 5.56 Å². The van der Waals surface area contributed by atoms with E-state index in [-0.39, 0.29) is 11.2 Å². The number of nitrogen functional groups attached to an aromatic ring is 1. The summed E-state index contributed by atoms with van der Waals surface area (Å²) in [4.78, 5) is 12.1. The van der Waals surface area contributed by atoms with Crippen molar-refractivity contribution in [2.24, 2.45) is 0 Å². The first-order chi connectivity index (χ1) is 6.75. The van der Waals surface area contributed by atoms with E-state index in [9.17, 15) is 4.79 Å². The number of nitrogens with one attached hydrogen (secondary N) is 1. The van der Waals surface area contributed by atoms with Gasteiger partial charge < -0.3 is 5.73 Å². The number of nitrogens with two attached hydrogens (primary N) is 1. The standard InChI is InChI=1S/C9H9N3OS/c10-8-5-6(11-12-9(8)13)4-7-2-1-3-14-7/h1-3,5H,4H2,(H2,10,11)(H,12,13). The van der Waals surface area contributed by atoms with Gasteiger partial charge in [0, 0.05) is 11.3 Å². The van der Waals surface area contributed by atoms with Gasteiger partial charge in [0.15, 0.2) is 0 Å². The minimum Gasteiger partial charge on any atom is -0.394 e. The van der Waals surface area contributed by atoms with E-state index < -0.39 is 0 Å². The number of thiophene rings is 1. The zero-order chi connectivity index (χ0) is 9.97. The Hall–Kier alpha value is -1.62. The second-order valence-corrected chi connectivity index (χ2v) is 3.93. The van der Waals surface area contributed by atoms with Crippen molar-refractivity contribution in [1.29, 1.82) is 0 Å². The van der Waals surface area contributed by atoms with E-state index in [0.29, 0.717) is 6.42 Å². The fraction of sp³-hybridized carbons (Fsp3) is 0.111. The molecule has 4 nitrogen and oxygen atoms in total. The molecular weight excluding hydrogens is 198 g/mol. The highest BCUT2D eigenvalue weighted by Crippen LogP contribution is 2.12. The quantitative estimate of drug-likeness (QED) is 0.771. The molecule has 0 amide bonds. The third-order valence-corrected chi connectivity index (χ3v) is 2.70. The number of rotatable bonds is 2. The number of hydrogen-bond donors (Lipinski definition) is 2. The molecule has 3 N–H and O–H groups in total. The van der Waals surface area contributed by atoms with E-state index in [4.69, 9.17) is 5.73 Å². The maximum atomic E-state index is 10.9. The minimum atomic E-state index is -0.333. The number of aromatic amines is 1. The Morgan fingerprint density at radius 3 is 3.07 bits per heavy atom. The molecule has 0 atom stereocenters. The van der Waals surface area contributed by atoms with Crippen LogP contribution in [0.4, 0.5) is 5.69 Å². The van der Waals surface area contributed by atoms with Gasteiger partial charge in [-0.3, -0.25) is 4.79 Å². The molecule has 2 aromatic rings. The van der Waals surface area contributed by atoms with E-state index >= 15 is 0 Å². The minimum absolute atomic E-state index is 0.214. The summed E-state index contributed by atoms with van der Waals surface area (Å²) in [6.45, 7) is 0. The van der Waals surface area contributed by atoms with Gasteiger partial charge in [-0.05, 0) is 17.5 Å². The highest BCUT2D eigenvalue weighted by molar-refractivity contribution is 7.09. The normalized spacial score (nSPS) is 10.3. The molecule has 0 aliphatic heterocycles. The van der Waals surface area contributed by atoms with Gasteiger partial charge >= 0.3 is 0 Å². The van der Waals surface area contributed by atoms with E-state index in [1.165, 1.54) is 4.88 Å². The lowest BCUT2D eigenvalue weighted by molar-refractivity contribution is 0.920. The average molecular weight is 207 g/mol. The summed E-state index contributed by atoms with van der Waals surface area (Å²) in [7, 11) is 0. The summed E-state index contributed by atoms with van der Waals surface area (Å²) in [5.41, 5.74) is 6.13. The van der Waals surface area contributed by atoms with Crippen LogP contribution in [0.15, 0.2) is 28.4 Å². The van der Waals surface area contributed by atoms with Crippen LogP contribution in [0.3, 0.4) is 0 Å². The Morgan fingerprint density at radius 2 is 2.43 bits per heavy atom. The summed E-state index contributed by atoms with van der Waals surface area (Å²) in [6.07, 6.45) is 0.707. The molecule has 2 aromatic heterocycles. The fourth-order valence-corrected chi connectivity index (χ4v) is 1.87. The predicted molar refractivity (Wildman–Crippen MR) is 56.4 cm³/mol. The smallest absolute Gasteiger partial charge is 0.287 e. The second kappa shape index (κ2) is 3.63. The molecule has 0 spiro atoms. The van der Waals surface area contributed by atoms with Crippen molar-refractivity contribution >= 4 is 17.0 Å². The summed E-state index contributed by atoms with van der Waals surface area (Å²) in [5, 5.41) is 8.26. The van der Waals surface area contributed by atoms with Crippen molar-refractivity contribution in [2.45, 2.75) is 6.42 Å². The lowest BCUT2D eigenvalue weighted by Crippen LogP contribution is -2.14. The SMILES string of the molecule is Nc1cc(Cc2cccs2)n[nH]c1=O. The van der Waals surface area contributed by atoms with E-state index in [2.05, 4.69) is 10.2 Å². The molecule has 72 valence electrons. The number of H-pyrrole nitrogens is 1. The van der Waals surface area contributed by atoms with Crippen molar-refractivity contribution in [3.05, 3.63) is 44.5 Å². The fourth-order valence-electron chi connectivity index (χ4n) is 1.15. The third kappa shape index (κ3) is 1.82. The molecule has 0 aliphatic rings. The first kappa shape index (κ1) is 8.96. The molecule has 0 unspecified atom stereocenters. The highest BCUT2D eigenvalue weighted by atomic mass is 32.1. The largest absolute Gasteiger partial charge is 0.394 e. The van der Waals surface area contributed by atoms with E-state index in [1.807, 2.05) is 17.5 Å². The molecule has 0 fully saturated rings. The van der Waals surface area contributed by atoms with Gasteiger partial charge in [-0.1, -0.05) is 6.07 Å². The van der Waals surface area contributed by atoms with Gasteiger partial charge in [-0.15, -0.1) is 11.3 Å². The molecular formula is C9H9N3OS. The maximum absolute atomic E-state index is 10.9. The molecule has 0 saturated heterocycles. The number of anilines is 1. The zero-order valence-corrected chi connectivity index (χ0v) is 8.17. The van der Waals surface area contributed by atoms with Crippen LogP contribution in [0.5, 0.6) is 0 Å². The Bertz CT molecular complexity index is 475. The zero-order valence-electron chi connectivity index (χ0n) is 7.36. The molecule has 2 rings (SSSR count). The Balaban J connectivity index is 2.26. The van der Waals surface area contributed by atoms with Crippen molar-refractivity contribution in [2.75, 3.05) is 5.73 Å². The highest BCUT2D eigenvalue weighted by Gasteiger charge is 2.01. The first-order valence-corrected chi connectivity index (χ1v) is 5.00. The molecule has 0 saturated carbocycles. The van der Waals surface area contributed by atoms with Crippen LogP contribution >= 0.6 is 11.3 Å². The van der Waals surface area contributed by atoms with E-state index in [0.717, 1.165) is 5.69 Å². The Kier molecular flexibility index (Phi) is 2.32. The van der Waals surface area contributed by atoms with Crippen LogP contribution < -0.4 is 11.3 Å². The molecule has 0 aromatic carbocycles. The van der Waals surface area contributed by atoms with Gasteiger partial charge in [-0.25, -0.2) is 5.10 Å². The number of aromatic nitrogens is 2. The Morgan fingerprint density at radius 1 is 1.57 bits per heavy atom. The van der Waals surface area contributed by atoms with Crippen molar-refractivity contribution in [3.8, 4) is 0 Å². The van der Waals surface area contributed by atoms with Crippen LogP contribution in [-0.4, -0.2) is 10.2 Å². The molecule has 0 radical (unpaired) electrons. The predicted octanol–water partition coefficient (Wildman–Crippen LogP) is 1.00. The van der Waals surface area contributed by atoms with Crippen LogP contribution in [0.1, 0.15) is 10.6 Å². The summed E-state index contributed by atoms with van der Waals surface area (Å²) in [6, 6.07) is 5.61. The number of hydrogen-bond acceptors (Lipinski definition) is 4. The van der Waals surface area contributed by atoms with Crippen LogP contribution in [0, 0.1) is 0 Å².